The Morgan fingerprint density at radius 3 is 1.88 bits per heavy atom. The molecule has 0 aliphatic rings. The summed E-state index contributed by atoms with van der Waals surface area (Å²) in [6.07, 6.45) is 0.754. The molecule has 1 aromatic rings. The molecule has 0 aliphatic carbocycles. The number of aromatic carboxylic acids is 1. The van der Waals surface area contributed by atoms with Crippen LogP contribution in [0.2, 0.25) is 0 Å². The van der Waals surface area contributed by atoms with Crippen molar-refractivity contribution in [1.29, 1.82) is 0 Å². The molecule has 0 spiro atoms. The molecule has 0 heterocycles. The molecule has 0 bridgehead atoms. The van der Waals surface area contributed by atoms with E-state index in [9.17, 15) is 22.4 Å². The predicted octanol–water partition coefficient (Wildman–Crippen LogP) is 3.28. The molecule has 0 aromatic heterocycles. The fraction of sp³-hybridized carbons (Fsp3) is 0.364. The monoisotopic (exact) mass is 250 g/mol. The molecular formula is C11H10F4O2. The fourth-order valence-corrected chi connectivity index (χ4v) is 1.44. The van der Waals surface area contributed by atoms with Gasteiger partial charge in [0.25, 0.3) is 0 Å². The van der Waals surface area contributed by atoms with Crippen molar-refractivity contribution in [3.05, 3.63) is 34.4 Å². The van der Waals surface area contributed by atoms with E-state index in [-0.39, 0.29) is 6.42 Å². The van der Waals surface area contributed by atoms with E-state index >= 15 is 0 Å². The van der Waals surface area contributed by atoms with Gasteiger partial charge in [-0.15, -0.1) is 0 Å². The summed E-state index contributed by atoms with van der Waals surface area (Å²) in [5.41, 5.74) is -2.34. The van der Waals surface area contributed by atoms with Gasteiger partial charge >= 0.3 is 5.97 Å². The Balaban J connectivity index is 3.41. The van der Waals surface area contributed by atoms with Gasteiger partial charge < -0.3 is 5.11 Å². The third-order valence-electron chi connectivity index (χ3n) is 2.35. The van der Waals surface area contributed by atoms with Crippen LogP contribution in [0.25, 0.3) is 0 Å². The summed E-state index contributed by atoms with van der Waals surface area (Å²) >= 11 is 0. The van der Waals surface area contributed by atoms with Gasteiger partial charge in [-0.05, 0) is 12.8 Å². The van der Waals surface area contributed by atoms with Gasteiger partial charge in [0.2, 0.25) is 0 Å². The second-order valence-electron chi connectivity index (χ2n) is 3.52. The van der Waals surface area contributed by atoms with Crippen LogP contribution in [-0.2, 0) is 6.42 Å². The smallest absolute Gasteiger partial charge is 0.341 e. The van der Waals surface area contributed by atoms with Crippen molar-refractivity contribution in [3.8, 4) is 0 Å². The summed E-state index contributed by atoms with van der Waals surface area (Å²) in [5, 5.41) is 8.45. The lowest BCUT2D eigenvalue weighted by Crippen LogP contribution is -2.13. The van der Waals surface area contributed by atoms with Gasteiger partial charge in [0.1, 0.15) is 5.56 Å². The minimum Gasteiger partial charge on any atom is -0.477 e. The molecule has 94 valence electrons. The standard InChI is InChI=1S/C11H10F4O2/c1-2-3-4-5-7(12)9(14)6(11(16)17)10(15)8(5)13/h2-4H2,1H3,(H,16,17). The Hall–Kier alpha value is -1.59. The first-order valence-electron chi connectivity index (χ1n) is 4.99. The van der Waals surface area contributed by atoms with E-state index in [1.165, 1.54) is 0 Å². The second-order valence-corrected chi connectivity index (χ2v) is 3.52. The molecule has 0 aliphatic heterocycles. The molecule has 1 aromatic carbocycles. The Morgan fingerprint density at radius 2 is 1.53 bits per heavy atom. The third kappa shape index (κ3) is 2.40. The Morgan fingerprint density at radius 1 is 1.06 bits per heavy atom. The SMILES string of the molecule is CCCCc1c(F)c(F)c(C(=O)O)c(F)c1F. The molecule has 0 saturated carbocycles. The van der Waals surface area contributed by atoms with E-state index < -0.39 is 40.4 Å². The van der Waals surface area contributed by atoms with Crippen molar-refractivity contribution < 1.29 is 27.5 Å². The van der Waals surface area contributed by atoms with Gasteiger partial charge in [0.15, 0.2) is 23.3 Å². The maximum atomic E-state index is 13.3. The summed E-state index contributed by atoms with van der Waals surface area (Å²) in [5.74, 6) is -9.02. The lowest BCUT2D eigenvalue weighted by atomic mass is 10.0. The Kier molecular flexibility index (Phi) is 4.09. The van der Waals surface area contributed by atoms with E-state index in [4.69, 9.17) is 5.11 Å². The van der Waals surface area contributed by atoms with E-state index in [0.29, 0.717) is 12.8 Å². The summed E-state index contributed by atoms with van der Waals surface area (Å²) in [6, 6.07) is 0. The predicted molar refractivity (Wildman–Crippen MR) is 51.8 cm³/mol. The number of carboxylic acids is 1. The fourth-order valence-electron chi connectivity index (χ4n) is 1.44. The molecule has 0 atom stereocenters. The van der Waals surface area contributed by atoms with Crippen molar-refractivity contribution in [2.24, 2.45) is 0 Å². The highest BCUT2D eigenvalue weighted by molar-refractivity contribution is 5.88. The van der Waals surface area contributed by atoms with Gasteiger partial charge in [-0.1, -0.05) is 13.3 Å². The number of hydrogen-bond acceptors (Lipinski definition) is 1. The van der Waals surface area contributed by atoms with Crippen LogP contribution >= 0.6 is 0 Å². The van der Waals surface area contributed by atoms with Crippen LogP contribution in [0.15, 0.2) is 0 Å². The van der Waals surface area contributed by atoms with Crippen LogP contribution in [-0.4, -0.2) is 11.1 Å². The molecule has 0 saturated heterocycles. The first-order valence-corrected chi connectivity index (χ1v) is 4.99. The summed E-state index contributed by atoms with van der Waals surface area (Å²) in [6.45, 7) is 1.74. The molecule has 6 heteroatoms. The minimum atomic E-state index is -2.04. The topological polar surface area (TPSA) is 37.3 Å². The van der Waals surface area contributed by atoms with Crippen LogP contribution < -0.4 is 0 Å². The minimum absolute atomic E-state index is 0.179. The average molecular weight is 250 g/mol. The van der Waals surface area contributed by atoms with Gasteiger partial charge in [-0.3, -0.25) is 0 Å². The van der Waals surface area contributed by atoms with E-state index in [1.54, 1.807) is 6.92 Å². The molecule has 0 amide bonds. The van der Waals surface area contributed by atoms with Gasteiger partial charge in [-0.2, -0.15) is 0 Å². The number of carbonyl (C=O) groups is 1. The molecule has 2 nitrogen and oxygen atoms in total. The lowest BCUT2D eigenvalue weighted by molar-refractivity contribution is 0.0683. The van der Waals surface area contributed by atoms with Crippen molar-refractivity contribution >= 4 is 5.97 Å². The molecule has 0 unspecified atom stereocenters. The molecule has 1 rings (SSSR count). The normalized spacial score (nSPS) is 10.6. The van der Waals surface area contributed by atoms with Gasteiger partial charge in [0, 0.05) is 5.56 Å². The van der Waals surface area contributed by atoms with Gasteiger partial charge in [0.05, 0.1) is 0 Å². The maximum absolute atomic E-state index is 13.3. The largest absolute Gasteiger partial charge is 0.477 e. The number of carboxylic acid groups (broad SMARTS) is 1. The zero-order valence-corrected chi connectivity index (χ0v) is 8.99. The van der Waals surface area contributed by atoms with Crippen molar-refractivity contribution in [1.82, 2.24) is 0 Å². The zero-order chi connectivity index (χ0) is 13.2. The van der Waals surface area contributed by atoms with Crippen LogP contribution in [0.1, 0.15) is 35.7 Å². The number of rotatable bonds is 4. The Bertz CT molecular complexity index is 428. The maximum Gasteiger partial charge on any atom is 0.341 e. The molecule has 17 heavy (non-hydrogen) atoms. The second kappa shape index (κ2) is 5.16. The molecule has 0 radical (unpaired) electrons. The summed E-state index contributed by atoms with van der Waals surface area (Å²) in [7, 11) is 0. The van der Waals surface area contributed by atoms with Crippen LogP contribution in [0.3, 0.4) is 0 Å². The summed E-state index contributed by atoms with van der Waals surface area (Å²) < 4.78 is 53.1. The lowest BCUT2D eigenvalue weighted by Gasteiger charge is -2.09. The average Bonchev–Trinajstić information content (AvgIpc) is 2.26. The number of hydrogen-bond donors (Lipinski definition) is 1. The van der Waals surface area contributed by atoms with Gasteiger partial charge in [-0.25, -0.2) is 22.4 Å². The first kappa shape index (κ1) is 13.5. The first-order chi connectivity index (χ1) is 7.91. The molecule has 0 fully saturated rings. The molecular weight excluding hydrogens is 240 g/mol. The highest BCUT2D eigenvalue weighted by Crippen LogP contribution is 2.25. The van der Waals surface area contributed by atoms with Crippen molar-refractivity contribution in [3.63, 3.8) is 0 Å². The number of unbranched alkanes of at least 4 members (excludes halogenated alkanes) is 1. The van der Waals surface area contributed by atoms with Crippen molar-refractivity contribution in [2.75, 3.05) is 0 Å². The van der Waals surface area contributed by atoms with Crippen molar-refractivity contribution in [2.45, 2.75) is 26.2 Å². The highest BCUT2D eigenvalue weighted by atomic mass is 19.2. The Labute approximate surface area is 94.9 Å². The zero-order valence-electron chi connectivity index (χ0n) is 8.99. The van der Waals surface area contributed by atoms with Crippen LogP contribution in [0.4, 0.5) is 17.6 Å². The van der Waals surface area contributed by atoms with E-state index in [0.717, 1.165) is 0 Å². The van der Waals surface area contributed by atoms with Crippen LogP contribution in [0, 0.1) is 23.3 Å². The van der Waals surface area contributed by atoms with E-state index in [2.05, 4.69) is 0 Å². The summed E-state index contributed by atoms with van der Waals surface area (Å²) in [4.78, 5) is 10.5. The van der Waals surface area contributed by atoms with Crippen LogP contribution in [0.5, 0.6) is 0 Å². The number of halogens is 4. The molecule has 1 N–H and O–H groups in total. The highest BCUT2D eigenvalue weighted by Gasteiger charge is 2.28. The quantitative estimate of drug-likeness (QED) is 0.657. The number of benzene rings is 1. The third-order valence-corrected chi connectivity index (χ3v) is 2.35. The van der Waals surface area contributed by atoms with E-state index in [1.807, 2.05) is 0 Å².